The minimum atomic E-state index is 0.622. The first-order chi connectivity index (χ1) is 7.70. The molecule has 2 rings (SSSR count). The molecule has 2 aromatic carbocycles. The maximum Gasteiger partial charge on any atom is 0.0716 e. The third-order valence-electron chi connectivity index (χ3n) is 2.45. The summed E-state index contributed by atoms with van der Waals surface area (Å²) >= 11 is 0. The highest BCUT2D eigenvalue weighted by atomic mass is 15.2. The van der Waals surface area contributed by atoms with Crippen molar-refractivity contribution < 1.29 is 0 Å². The van der Waals surface area contributed by atoms with Crippen molar-refractivity contribution in [2.24, 2.45) is 5.84 Å². The first-order valence-corrected chi connectivity index (χ1v) is 4.93. The summed E-state index contributed by atoms with van der Waals surface area (Å²) in [7, 11) is 0. The van der Waals surface area contributed by atoms with Crippen LogP contribution in [-0.2, 0) is 0 Å². The highest BCUT2D eigenvalue weighted by Crippen LogP contribution is 2.26. The largest absolute Gasteiger partial charge is 0.399 e. The summed E-state index contributed by atoms with van der Waals surface area (Å²) in [4.78, 5) is 0. The van der Waals surface area contributed by atoms with E-state index in [1.54, 1.807) is 0 Å². The predicted molar refractivity (Wildman–Crippen MR) is 68.5 cm³/mol. The van der Waals surface area contributed by atoms with Crippen molar-refractivity contribution in [3.05, 3.63) is 42.5 Å². The van der Waals surface area contributed by atoms with E-state index in [0.717, 1.165) is 22.5 Å². The van der Waals surface area contributed by atoms with Gasteiger partial charge in [-0.1, -0.05) is 18.2 Å². The van der Waals surface area contributed by atoms with Crippen LogP contribution in [0, 0.1) is 0 Å². The van der Waals surface area contributed by atoms with Gasteiger partial charge in [0.05, 0.1) is 11.4 Å². The summed E-state index contributed by atoms with van der Waals surface area (Å²) in [5, 5.41) is 0. The maximum absolute atomic E-state index is 5.83. The third-order valence-corrected chi connectivity index (χ3v) is 2.45. The van der Waals surface area contributed by atoms with E-state index in [1.807, 2.05) is 42.5 Å². The molecule has 0 saturated heterocycles. The van der Waals surface area contributed by atoms with Gasteiger partial charge in [0.15, 0.2) is 0 Å². The number of rotatable bonds is 2. The van der Waals surface area contributed by atoms with E-state index in [4.69, 9.17) is 17.3 Å². The fraction of sp³-hybridized carbons (Fsp3) is 0. The first kappa shape index (κ1) is 10.3. The molecule has 0 aliphatic heterocycles. The van der Waals surface area contributed by atoms with E-state index in [1.165, 1.54) is 0 Å². The minimum Gasteiger partial charge on any atom is -0.399 e. The summed E-state index contributed by atoms with van der Waals surface area (Å²) in [5.41, 5.74) is 18.2. The Kier molecular flexibility index (Phi) is 2.66. The van der Waals surface area contributed by atoms with Gasteiger partial charge in [0.2, 0.25) is 0 Å². The lowest BCUT2D eigenvalue weighted by Gasteiger charge is -2.07. The molecule has 0 unspecified atom stereocenters. The van der Waals surface area contributed by atoms with Gasteiger partial charge in [0.25, 0.3) is 0 Å². The van der Waals surface area contributed by atoms with Gasteiger partial charge >= 0.3 is 0 Å². The zero-order chi connectivity index (χ0) is 11.5. The molecular weight excluding hydrogens is 200 g/mol. The highest BCUT2D eigenvalue weighted by molar-refractivity contribution is 5.76. The van der Waals surface area contributed by atoms with Crippen molar-refractivity contribution in [3.8, 4) is 11.1 Å². The number of hydrogen-bond donors (Lipinski definition) is 4. The second-order valence-electron chi connectivity index (χ2n) is 3.57. The Morgan fingerprint density at radius 1 is 0.812 bits per heavy atom. The molecule has 16 heavy (non-hydrogen) atoms. The lowest BCUT2D eigenvalue weighted by atomic mass is 10.0. The van der Waals surface area contributed by atoms with Crippen LogP contribution in [-0.4, -0.2) is 0 Å². The van der Waals surface area contributed by atoms with Crippen molar-refractivity contribution in [1.29, 1.82) is 0 Å². The van der Waals surface area contributed by atoms with Crippen LogP contribution >= 0.6 is 0 Å². The second-order valence-corrected chi connectivity index (χ2v) is 3.57. The zero-order valence-corrected chi connectivity index (χ0v) is 8.77. The van der Waals surface area contributed by atoms with Crippen LogP contribution in [0.25, 0.3) is 11.1 Å². The summed E-state index contributed by atoms with van der Waals surface area (Å²) in [5.74, 6) is 5.31. The van der Waals surface area contributed by atoms with Crippen LogP contribution in [0.15, 0.2) is 42.5 Å². The Hall–Kier alpha value is -2.20. The molecule has 0 saturated carbocycles. The molecular formula is C12H14N4. The number of nitrogen functional groups attached to an aromatic ring is 3. The molecule has 82 valence electrons. The molecule has 4 heteroatoms. The van der Waals surface area contributed by atoms with Crippen molar-refractivity contribution in [1.82, 2.24) is 0 Å². The third kappa shape index (κ3) is 1.92. The fourth-order valence-electron chi connectivity index (χ4n) is 1.55. The monoisotopic (exact) mass is 214 g/mol. The SMILES string of the molecule is NNc1ccc(-c2ccc(N)cc2)cc1N. The summed E-state index contributed by atoms with van der Waals surface area (Å²) in [6, 6.07) is 13.3. The van der Waals surface area contributed by atoms with Gasteiger partial charge in [0, 0.05) is 5.69 Å². The van der Waals surface area contributed by atoms with E-state index >= 15 is 0 Å². The molecule has 4 nitrogen and oxygen atoms in total. The van der Waals surface area contributed by atoms with E-state index in [-0.39, 0.29) is 0 Å². The number of nitrogens with two attached hydrogens (primary N) is 3. The topological polar surface area (TPSA) is 90.1 Å². The molecule has 0 amide bonds. The molecule has 0 heterocycles. The van der Waals surface area contributed by atoms with Gasteiger partial charge < -0.3 is 16.9 Å². The molecule has 0 aromatic heterocycles. The Morgan fingerprint density at radius 3 is 2.00 bits per heavy atom. The van der Waals surface area contributed by atoms with Crippen LogP contribution < -0.4 is 22.7 Å². The minimum absolute atomic E-state index is 0.622. The number of benzene rings is 2. The van der Waals surface area contributed by atoms with Crippen molar-refractivity contribution >= 4 is 17.1 Å². The molecule has 0 aliphatic carbocycles. The predicted octanol–water partition coefficient (Wildman–Crippen LogP) is 1.80. The molecule has 0 aliphatic rings. The van der Waals surface area contributed by atoms with Crippen LogP contribution in [0.3, 0.4) is 0 Å². The van der Waals surface area contributed by atoms with E-state index in [9.17, 15) is 0 Å². The van der Waals surface area contributed by atoms with Crippen LogP contribution in [0.4, 0.5) is 17.1 Å². The van der Waals surface area contributed by atoms with Crippen LogP contribution in [0.2, 0.25) is 0 Å². The molecule has 0 spiro atoms. The van der Waals surface area contributed by atoms with Gasteiger partial charge in [-0.2, -0.15) is 0 Å². The number of anilines is 3. The first-order valence-electron chi connectivity index (χ1n) is 4.93. The fourth-order valence-corrected chi connectivity index (χ4v) is 1.55. The van der Waals surface area contributed by atoms with E-state index in [2.05, 4.69) is 5.43 Å². The van der Waals surface area contributed by atoms with Gasteiger partial charge in [-0.3, -0.25) is 5.84 Å². The number of hydrogen-bond acceptors (Lipinski definition) is 4. The van der Waals surface area contributed by atoms with Crippen LogP contribution in [0.1, 0.15) is 0 Å². The molecule has 7 N–H and O–H groups in total. The van der Waals surface area contributed by atoms with E-state index < -0.39 is 0 Å². The highest BCUT2D eigenvalue weighted by Gasteiger charge is 2.01. The molecule has 0 fully saturated rings. The lowest BCUT2D eigenvalue weighted by Crippen LogP contribution is -2.08. The van der Waals surface area contributed by atoms with Gasteiger partial charge in [0.1, 0.15) is 0 Å². The quantitative estimate of drug-likeness (QED) is 0.348. The van der Waals surface area contributed by atoms with Gasteiger partial charge in [-0.05, 0) is 35.4 Å². The summed E-state index contributed by atoms with van der Waals surface area (Å²) in [6.45, 7) is 0. The Morgan fingerprint density at radius 2 is 1.44 bits per heavy atom. The molecule has 2 aromatic rings. The number of hydrazine groups is 1. The van der Waals surface area contributed by atoms with Gasteiger partial charge in [-0.15, -0.1) is 0 Å². The standard InChI is InChI=1S/C12H14N4/c13-10-4-1-8(2-5-10)9-3-6-12(16-15)11(14)7-9/h1-7,16H,13-15H2. The van der Waals surface area contributed by atoms with Crippen molar-refractivity contribution in [2.75, 3.05) is 16.9 Å². The van der Waals surface area contributed by atoms with Crippen molar-refractivity contribution in [3.63, 3.8) is 0 Å². The average Bonchev–Trinajstić information content (AvgIpc) is 2.30. The summed E-state index contributed by atoms with van der Waals surface area (Å²) < 4.78 is 0. The molecule has 0 bridgehead atoms. The Balaban J connectivity index is 2.41. The van der Waals surface area contributed by atoms with Crippen molar-refractivity contribution in [2.45, 2.75) is 0 Å². The second kappa shape index (κ2) is 4.12. The average molecular weight is 214 g/mol. The smallest absolute Gasteiger partial charge is 0.0716 e. The van der Waals surface area contributed by atoms with Gasteiger partial charge in [-0.25, -0.2) is 0 Å². The summed E-state index contributed by atoms with van der Waals surface area (Å²) in [6.07, 6.45) is 0. The normalized spacial score (nSPS) is 10.1. The zero-order valence-electron chi connectivity index (χ0n) is 8.77. The molecule has 0 radical (unpaired) electrons. The molecule has 0 atom stereocenters. The van der Waals surface area contributed by atoms with Crippen LogP contribution in [0.5, 0.6) is 0 Å². The number of nitrogens with one attached hydrogen (secondary N) is 1. The van der Waals surface area contributed by atoms with E-state index in [0.29, 0.717) is 5.69 Å². The Bertz CT molecular complexity index is 491. The lowest BCUT2D eigenvalue weighted by molar-refractivity contribution is 1.35. The Labute approximate surface area is 94.0 Å². The maximum atomic E-state index is 5.83.